The van der Waals surface area contributed by atoms with E-state index in [1.165, 1.54) is 6.07 Å². The van der Waals surface area contributed by atoms with E-state index in [2.05, 4.69) is 10.6 Å². The summed E-state index contributed by atoms with van der Waals surface area (Å²) in [6.07, 6.45) is -2.84. The topological polar surface area (TPSA) is 96.5 Å². The summed E-state index contributed by atoms with van der Waals surface area (Å²) < 4.78 is 29.3. The van der Waals surface area contributed by atoms with Crippen molar-refractivity contribution in [2.45, 2.75) is 25.8 Å². The van der Waals surface area contributed by atoms with Crippen LogP contribution in [0, 0.1) is 6.92 Å². The molecule has 0 aliphatic carbocycles. The van der Waals surface area contributed by atoms with Crippen LogP contribution in [0.15, 0.2) is 18.2 Å². The number of rotatable bonds is 6. The van der Waals surface area contributed by atoms with Crippen molar-refractivity contribution in [3.8, 4) is 5.75 Å². The lowest BCUT2D eigenvalue weighted by Gasteiger charge is -2.12. The number of aryl methyl sites for hydroxylation is 1. The van der Waals surface area contributed by atoms with Crippen LogP contribution < -0.4 is 20.7 Å². The Balaban J connectivity index is 1.96. The second kappa shape index (κ2) is 7.03. The summed E-state index contributed by atoms with van der Waals surface area (Å²) >= 11 is 0. The number of imide groups is 1. The van der Waals surface area contributed by atoms with Gasteiger partial charge in [-0.1, -0.05) is 6.07 Å². The van der Waals surface area contributed by atoms with E-state index in [-0.39, 0.29) is 12.2 Å². The Hall–Kier alpha value is -2.71. The first-order chi connectivity index (χ1) is 10.8. The molecule has 0 bridgehead atoms. The number of ether oxygens (including phenoxy) is 1. The van der Waals surface area contributed by atoms with Gasteiger partial charge in [0.15, 0.2) is 0 Å². The van der Waals surface area contributed by atoms with Crippen LogP contribution in [0.4, 0.5) is 19.3 Å². The van der Waals surface area contributed by atoms with E-state index >= 15 is 0 Å². The standard InChI is InChI=1S/C14H15F2N3O4/c1-7-2-3-8(4-10(7)23-6-11(15)16)17-12(20)5-9-13(21)19-14(22)18-9/h2-4,9,11H,5-6H2,1H3,(H,17,20)(H2,18,19,21,22)/t9-/m0/s1. The maximum atomic E-state index is 12.2. The predicted octanol–water partition coefficient (Wildman–Crippen LogP) is 1.18. The van der Waals surface area contributed by atoms with Gasteiger partial charge in [0, 0.05) is 11.8 Å². The lowest BCUT2D eigenvalue weighted by Crippen LogP contribution is -2.33. The van der Waals surface area contributed by atoms with Crippen molar-refractivity contribution in [3.63, 3.8) is 0 Å². The average molecular weight is 327 g/mol. The highest BCUT2D eigenvalue weighted by atomic mass is 19.3. The van der Waals surface area contributed by atoms with Gasteiger partial charge in [-0.2, -0.15) is 0 Å². The van der Waals surface area contributed by atoms with E-state index < -0.39 is 36.9 Å². The molecule has 1 heterocycles. The maximum absolute atomic E-state index is 12.2. The van der Waals surface area contributed by atoms with E-state index in [0.717, 1.165) is 0 Å². The molecule has 0 spiro atoms. The molecule has 0 unspecified atom stereocenters. The zero-order chi connectivity index (χ0) is 17.0. The minimum absolute atomic E-state index is 0.231. The number of hydrogen-bond donors (Lipinski definition) is 3. The molecule has 1 aromatic rings. The summed E-state index contributed by atoms with van der Waals surface area (Å²) in [5.74, 6) is -0.846. The normalized spacial score (nSPS) is 17.0. The molecule has 9 heteroatoms. The second-order valence-corrected chi connectivity index (χ2v) is 4.95. The first-order valence-electron chi connectivity index (χ1n) is 6.78. The van der Waals surface area contributed by atoms with Crippen molar-refractivity contribution in [2.75, 3.05) is 11.9 Å². The third-order valence-electron chi connectivity index (χ3n) is 3.08. The molecule has 0 aromatic heterocycles. The Morgan fingerprint density at radius 2 is 2.13 bits per heavy atom. The van der Waals surface area contributed by atoms with Crippen molar-refractivity contribution in [3.05, 3.63) is 23.8 Å². The van der Waals surface area contributed by atoms with E-state index in [1.807, 2.05) is 5.32 Å². The molecule has 1 atom stereocenters. The van der Waals surface area contributed by atoms with Gasteiger partial charge in [-0.05, 0) is 18.6 Å². The zero-order valence-corrected chi connectivity index (χ0v) is 12.2. The number of nitrogens with one attached hydrogen (secondary N) is 3. The van der Waals surface area contributed by atoms with E-state index in [9.17, 15) is 23.2 Å². The van der Waals surface area contributed by atoms with Crippen LogP contribution in [0.25, 0.3) is 0 Å². The molecule has 124 valence electrons. The van der Waals surface area contributed by atoms with E-state index in [4.69, 9.17) is 4.74 Å². The number of urea groups is 1. The fourth-order valence-corrected chi connectivity index (χ4v) is 1.99. The summed E-state index contributed by atoms with van der Waals surface area (Å²) in [6.45, 7) is 0.942. The van der Waals surface area contributed by atoms with Crippen molar-refractivity contribution in [1.29, 1.82) is 0 Å². The molecule has 1 saturated heterocycles. The van der Waals surface area contributed by atoms with Gasteiger partial charge in [-0.15, -0.1) is 0 Å². The summed E-state index contributed by atoms with van der Waals surface area (Å²) in [6, 6.07) is 3.03. The fourth-order valence-electron chi connectivity index (χ4n) is 1.99. The van der Waals surface area contributed by atoms with Gasteiger partial charge >= 0.3 is 6.03 Å². The number of alkyl halides is 2. The molecule has 23 heavy (non-hydrogen) atoms. The molecule has 0 saturated carbocycles. The SMILES string of the molecule is Cc1ccc(NC(=O)C[C@@H]2NC(=O)NC2=O)cc1OCC(F)F. The molecular weight excluding hydrogens is 312 g/mol. The van der Waals surface area contributed by atoms with Crippen molar-refractivity contribution < 1.29 is 27.9 Å². The zero-order valence-electron chi connectivity index (χ0n) is 12.2. The first-order valence-corrected chi connectivity index (χ1v) is 6.78. The smallest absolute Gasteiger partial charge is 0.322 e. The Bertz CT molecular complexity index is 636. The molecule has 1 aliphatic heterocycles. The third-order valence-corrected chi connectivity index (χ3v) is 3.08. The number of anilines is 1. The van der Waals surface area contributed by atoms with Crippen molar-refractivity contribution in [1.82, 2.24) is 10.6 Å². The van der Waals surface area contributed by atoms with E-state index in [1.54, 1.807) is 19.1 Å². The van der Waals surface area contributed by atoms with Gasteiger partial charge in [-0.25, -0.2) is 13.6 Å². The predicted molar refractivity (Wildman–Crippen MR) is 76.4 cm³/mol. The summed E-state index contributed by atoms with van der Waals surface area (Å²) in [4.78, 5) is 34.2. The molecule has 7 nitrogen and oxygen atoms in total. The Labute approximate surface area is 130 Å². The molecule has 1 aromatic carbocycles. The molecular formula is C14H15F2N3O4. The van der Waals surface area contributed by atoms with Gasteiger partial charge in [0.2, 0.25) is 5.91 Å². The molecule has 4 amide bonds. The van der Waals surface area contributed by atoms with Gasteiger partial charge in [0.05, 0.1) is 6.42 Å². The second-order valence-electron chi connectivity index (χ2n) is 4.95. The quantitative estimate of drug-likeness (QED) is 0.684. The lowest BCUT2D eigenvalue weighted by atomic mass is 10.1. The van der Waals surface area contributed by atoms with Crippen LogP contribution in [-0.4, -0.2) is 36.9 Å². The minimum atomic E-state index is -2.60. The number of carbonyl (C=O) groups is 3. The Kier molecular flexibility index (Phi) is 5.09. The highest BCUT2D eigenvalue weighted by Gasteiger charge is 2.31. The largest absolute Gasteiger partial charge is 0.487 e. The molecule has 2 rings (SSSR count). The maximum Gasteiger partial charge on any atom is 0.322 e. The first kappa shape index (κ1) is 16.7. The van der Waals surface area contributed by atoms with Gasteiger partial charge in [-0.3, -0.25) is 14.9 Å². The minimum Gasteiger partial charge on any atom is -0.487 e. The van der Waals surface area contributed by atoms with Crippen LogP contribution in [0.2, 0.25) is 0 Å². The van der Waals surface area contributed by atoms with Crippen LogP contribution in [0.3, 0.4) is 0 Å². The average Bonchev–Trinajstić information content (AvgIpc) is 2.77. The number of halogens is 2. The van der Waals surface area contributed by atoms with Gasteiger partial charge < -0.3 is 15.4 Å². The summed E-state index contributed by atoms with van der Waals surface area (Å²) in [5, 5.41) is 6.85. The number of hydrogen-bond acceptors (Lipinski definition) is 4. The van der Waals surface area contributed by atoms with Crippen molar-refractivity contribution in [2.24, 2.45) is 0 Å². The number of amides is 4. The highest BCUT2D eigenvalue weighted by Crippen LogP contribution is 2.23. The van der Waals surface area contributed by atoms with Crippen LogP contribution in [0.1, 0.15) is 12.0 Å². The number of carbonyl (C=O) groups excluding carboxylic acids is 3. The molecule has 0 radical (unpaired) electrons. The van der Waals surface area contributed by atoms with Crippen LogP contribution in [-0.2, 0) is 9.59 Å². The van der Waals surface area contributed by atoms with Crippen LogP contribution >= 0.6 is 0 Å². The monoisotopic (exact) mass is 327 g/mol. The summed E-state index contributed by atoms with van der Waals surface area (Å²) in [7, 11) is 0. The number of benzene rings is 1. The van der Waals surface area contributed by atoms with Crippen LogP contribution in [0.5, 0.6) is 5.75 Å². The fraction of sp³-hybridized carbons (Fsp3) is 0.357. The molecule has 3 N–H and O–H groups in total. The Morgan fingerprint density at radius 1 is 1.39 bits per heavy atom. The third kappa shape index (κ3) is 4.63. The molecule has 1 aliphatic rings. The lowest BCUT2D eigenvalue weighted by molar-refractivity contribution is -0.124. The van der Waals surface area contributed by atoms with Gasteiger partial charge in [0.1, 0.15) is 18.4 Å². The highest BCUT2D eigenvalue weighted by molar-refractivity contribution is 6.06. The van der Waals surface area contributed by atoms with E-state index in [0.29, 0.717) is 11.3 Å². The van der Waals surface area contributed by atoms with Crippen molar-refractivity contribution >= 4 is 23.5 Å². The van der Waals surface area contributed by atoms with Gasteiger partial charge in [0.25, 0.3) is 12.3 Å². The summed E-state index contributed by atoms with van der Waals surface area (Å²) in [5.41, 5.74) is 0.987. The Morgan fingerprint density at radius 3 is 2.74 bits per heavy atom. The molecule has 1 fully saturated rings.